The number of halogens is 1. The van der Waals surface area contributed by atoms with Crippen molar-refractivity contribution in [2.75, 3.05) is 39.8 Å². The maximum Gasteiger partial charge on any atom is 0.224 e. The summed E-state index contributed by atoms with van der Waals surface area (Å²) in [6.45, 7) is 4.72. The van der Waals surface area contributed by atoms with E-state index in [0.29, 0.717) is 18.9 Å². The topological polar surface area (TPSA) is 56.8 Å². The van der Waals surface area contributed by atoms with Gasteiger partial charge in [-0.1, -0.05) is 24.3 Å². The summed E-state index contributed by atoms with van der Waals surface area (Å²) in [5.41, 5.74) is 8.75. The van der Waals surface area contributed by atoms with Gasteiger partial charge in [0, 0.05) is 51.6 Å². The fraction of sp³-hybridized carbons (Fsp3) is 0.435. The first kappa shape index (κ1) is 20.8. The molecule has 0 aliphatic carbocycles. The van der Waals surface area contributed by atoms with E-state index in [1.54, 1.807) is 7.11 Å². The van der Waals surface area contributed by atoms with E-state index < -0.39 is 0 Å². The summed E-state index contributed by atoms with van der Waals surface area (Å²) < 4.78 is 18.5. The van der Waals surface area contributed by atoms with Crippen molar-refractivity contribution in [2.24, 2.45) is 5.92 Å². The number of carbonyl (C=O) groups is 1. The number of methoxy groups -OCH3 is 1. The Morgan fingerprint density at radius 2 is 1.83 bits per heavy atom. The summed E-state index contributed by atoms with van der Waals surface area (Å²) in [5.74, 6) is 1.16. The molecule has 2 unspecified atom stereocenters. The van der Waals surface area contributed by atoms with Gasteiger partial charge < -0.3 is 14.5 Å². The number of hydrogen-bond acceptors (Lipinski definition) is 5. The van der Waals surface area contributed by atoms with Gasteiger partial charge in [0.25, 0.3) is 0 Å². The number of benzene rings is 2. The molecule has 6 nitrogen and oxygen atoms in total. The van der Waals surface area contributed by atoms with Crippen LogP contribution in [0, 0.1) is 11.7 Å². The zero-order valence-corrected chi connectivity index (χ0v) is 17.3. The van der Waals surface area contributed by atoms with Crippen LogP contribution in [0.4, 0.5) is 4.39 Å². The summed E-state index contributed by atoms with van der Waals surface area (Å²) in [7, 11) is 1.65. The number of hydrogen-bond donors (Lipinski definition) is 2. The van der Waals surface area contributed by atoms with Crippen LogP contribution in [0.15, 0.2) is 48.5 Å². The third kappa shape index (κ3) is 4.98. The molecule has 0 saturated carbocycles. The van der Waals surface area contributed by atoms with Gasteiger partial charge in [0.15, 0.2) is 0 Å². The van der Waals surface area contributed by atoms with Crippen LogP contribution in [0.2, 0.25) is 0 Å². The van der Waals surface area contributed by atoms with Gasteiger partial charge in [-0.15, -0.1) is 0 Å². The highest BCUT2D eigenvalue weighted by Gasteiger charge is 2.31. The molecule has 0 radical (unpaired) electrons. The lowest BCUT2D eigenvalue weighted by Crippen LogP contribution is -2.36. The second-order valence-electron chi connectivity index (χ2n) is 8.03. The number of amides is 1. The molecule has 1 amide bonds. The number of hydrazine groups is 1. The minimum absolute atomic E-state index is 0.139. The van der Waals surface area contributed by atoms with Gasteiger partial charge in [0.05, 0.1) is 13.2 Å². The highest BCUT2D eigenvalue weighted by Crippen LogP contribution is 2.26. The Hall–Kier alpha value is -2.48. The van der Waals surface area contributed by atoms with Gasteiger partial charge in [0.1, 0.15) is 11.6 Å². The maximum atomic E-state index is 13.3. The van der Waals surface area contributed by atoms with Crippen LogP contribution in [0.3, 0.4) is 0 Å². The van der Waals surface area contributed by atoms with E-state index in [2.05, 4.69) is 15.8 Å². The van der Waals surface area contributed by atoms with Crippen molar-refractivity contribution in [3.63, 3.8) is 0 Å². The number of rotatable bonds is 6. The monoisotopic (exact) mass is 412 g/mol. The first-order valence-electron chi connectivity index (χ1n) is 10.5. The number of nitrogens with one attached hydrogen (secondary N) is 2. The van der Waals surface area contributed by atoms with E-state index in [4.69, 9.17) is 4.74 Å². The van der Waals surface area contributed by atoms with Crippen LogP contribution in [0.1, 0.15) is 23.6 Å². The average Bonchev–Trinajstić information content (AvgIpc) is 3.16. The van der Waals surface area contributed by atoms with Crippen molar-refractivity contribution >= 4 is 5.91 Å². The summed E-state index contributed by atoms with van der Waals surface area (Å²) in [4.78, 5) is 17.0. The number of nitrogens with zero attached hydrogens (tertiary/aromatic N) is 2. The summed E-state index contributed by atoms with van der Waals surface area (Å²) in [5, 5.41) is 0. The quantitative estimate of drug-likeness (QED) is 0.763. The van der Waals surface area contributed by atoms with Crippen LogP contribution in [-0.4, -0.2) is 55.5 Å². The van der Waals surface area contributed by atoms with Crippen molar-refractivity contribution in [1.29, 1.82) is 0 Å². The van der Waals surface area contributed by atoms with E-state index in [0.717, 1.165) is 49.6 Å². The molecule has 0 aromatic heterocycles. The minimum atomic E-state index is -0.218. The SMILES string of the molecule is COc1ccc(CN2CCN(CC3CNNC3c3ccc(F)cc3)CCC2=O)cc1. The van der Waals surface area contributed by atoms with Crippen LogP contribution >= 0.6 is 0 Å². The zero-order chi connectivity index (χ0) is 20.9. The molecule has 2 atom stereocenters. The number of ether oxygens (including phenoxy) is 1. The molecule has 0 spiro atoms. The predicted molar refractivity (Wildman–Crippen MR) is 113 cm³/mol. The lowest BCUT2D eigenvalue weighted by Gasteiger charge is -2.27. The predicted octanol–water partition coefficient (Wildman–Crippen LogP) is 2.33. The van der Waals surface area contributed by atoms with Crippen molar-refractivity contribution in [3.05, 3.63) is 65.5 Å². The van der Waals surface area contributed by atoms with Crippen molar-refractivity contribution in [3.8, 4) is 5.75 Å². The van der Waals surface area contributed by atoms with Gasteiger partial charge in [-0.05, 0) is 35.4 Å². The third-order valence-electron chi connectivity index (χ3n) is 6.03. The average molecular weight is 413 g/mol. The molecule has 2 N–H and O–H groups in total. The zero-order valence-electron chi connectivity index (χ0n) is 17.3. The molecule has 2 saturated heterocycles. The highest BCUT2D eigenvalue weighted by molar-refractivity contribution is 5.76. The molecule has 2 fully saturated rings. The fourth-order valence-electron chi connectivity index (χ4n) is 4.27. The van der Waals surface area contributed by atoms with Crippen LogP contribution in [0.5, 0.6) is 5.75 Å². The molecular weight excluding hydrogens is 383 g/mol. The fourth-order valence-corrected chi connectivity index (χ4v) is 4.27. The third-order valence-corrected chi connectivity index (χ3v) is 6.03. The van der Waals surface area contributed by atoms with E-state index in [-0.39, 0.29) is 17.8 Å². The van der Waals surface area contributed by atoms with E-state index in [1.165, 1.54) is 12.1 Å². The van der Waals surface area contributed by atoms with Gasteiger partial charge in [-0.3, -0.25) is 10.2 Å². The molecule has 0 bridgehead atoms. The molecule has 2 heterocycles. The first-order chi connectivity index (χ1) is 14.6. The van der Waals surface area contributed by atoms with Gasteiger partial charge in [-0.2, -0.15) is 0 Å². The summed E-state index contributed by atoms with van der Waals surface area (Å²) >= 11 is 0. The Balaban J connectivity index is 1.35. The maximum absolute atomic E-state index is 13.3. The Bertz CT molecular complexity index is 843. The van der Waals surface area contributed by atoms with Crippen LogP contribution < -0.4 is 15.6 Å². The van der Waals surface area contributed by atoms with Crippen molar-refractivity contribution < 1.29 is 13.9 Å². The van der Waals surface area contributed by atoms with Gasteiger partial charge in [0.2, 0.25) is 5.91 Å². The smallest absolute Gasteiger partial charge is 0.224 e. The normalized spacial score (nSPS) is 22.9. The van der Waals surface area contributed by atoms with E-state index >= 15 is 0 Å². The van der Waals surface area contributed by atoms with E-state index in [9.17, 15) is 9.18 Å². The second-order valence-corrected chi connectivity index (χ2v) is 8.03. The molecule has 2 aromatic carbocycles. The van der Waals surface area contributed by atoms with Gasteiger partial charge >= 0.3 is 0 Å². The largest absolute Gasteiger partial charge is 0.497 e. The van der Waals surface area contributed by atoms with Crippen LogP contribution in [0.25, 0.3) is 0 Å². The number of carbonyl (C=O) groups excluding carboxylic acids is 1. The molecule has 2 aliphatic heterocycles. The molecule has 30 heavy (non-hydrogen) atoms. The molecule has 4 rings (SSSR count). The van der Waals surface area contributed by atoms with Gasteiger partial charge in [-0.25, -0.2) is 9.82 Å². The highest BCUT2D eigenvalue weighted by atomic mass is 19.1. The Morgan fingerprint density at radius 3 is 2.57 bits per heavy atom. The van der Waals surface area contributed by atoms with Crippen molar-refractivity contribution in [1.82, 2.24) is 20.7 Å². The first-order valence-corrected chi connectivity index (χ1v) is 10.5. The molecule has 7 heteroatoms. The van der Waals surface area contributed by atoms with Crippen LogP contribution in [-0.2, 0) is 11.3 Å². The molecular formula is C23H29FN4O2. The second kappa shape index (κ2) is 9.55. The molecule has 2 aromatic rings. The lowest BCUT2D eigenvalue weighted by atomic mass is 9.94. The summed E-state index contributed by atoms with van der Waals surface area (Å²) in [6.07, 6.45) is 0.533. The molecule has 160 valence electrons. The van der Waals surface area contributed by atoms with Crippen molar-refractivity contribution in [2.45, 2.75) is 19.0 Å². The lowest BCUT2D eigenvalue weighted by molar-refractivity contribution is -0.130. The Morgan fingerprint density at radius 1 is 1.07 bits per heavy atom. The molecule has 2 aliphatic rings. The Labute approximate surface area is 177 Å². The minimum Gasteiger partial charge on any atom is -0.497 e. The Kier molecular flexibility index (Phi) is 6.62. The summed E-state index contributed by atoms with van der Waals surface area (Å²) in [6, 6.07) is 14.7. The van der Waals surface area contributed by atoms with E-state index in [1.807, 2.05) is 41.3 Å². The standard InChI is InChI=1S/C23H29FN4O2/c1-30-21-8-2-17(3-9-21)15-28-13-12-27(11-10-22(28)29)16-19-14-25-26-23(19)18-4-6-20(24)7-5-18/h2-9,19,23,25-26H,10-16H2,1H3.